The van der Waals surface area contributed by atoms with E-state index in [0.29, 0.717) is 0 Å². The van der Waals surface area contributed by atoms with Crippen LogP contribution in [0.2, 0.25) is 0 Å². The normalized spacial score (nSPS) is 30.9. The molecular formula is C6H3O7-3. The fourth-order valence-electron chi connectivity index (χ4n) is 0.991. The highest BCUT2D eigenvalue weighted by atomic mass is 16.7. The zero-order valence-corrected chi connectivity index (χ0v) is 6.14. The maximum atomic E-state index is 10.3. The van der Waals surface area contributed by atoms with Gasteiger partial charge in [0.2, 0.25) is 0 Å². The molecule has 0 unspecified atom stereocenters. The first-order valence-corrected chi connectivity index (χ1v) is 3.20. The predicted molar refractivity (Wildman–Crippen MR) is 27.2 cm³/mol. The molecule has 0 aliphatic carbocycles. The maximum Gasteiger partial charge on any atom is 0.145 e. The van der Waals surface area contributed by atoms with Crippen molar-refractivity contribution in [1.82, 2.24) is 0 Å². The van der Waals surface area contributed by atoms with Gasteiger partial charge in [-0.1, -0.05) is 0 Å². The minimum atomic E-state index is -2.31. The van der Waals surface area contributed by atoms with E-state index in [4.69, 9.17) is 0 Å². The molecule has 0 saturated carbocycles. The minimum Gasteiger partial charge on any atom is -0.550 e. The van der Waals surface area contributed by atoms with Crippen molar-refractivity contribution in [1.29, 1.82) is 0 Å². The Kier molecular flexibility index (Phi) is 1.96. The van der Waals surface area contributed by atoms with Crippen LogP contribution in [0.15, 0.2) is 0 Å². The number of aliphatic carboxylic acids is 3. The number of carboxylic acids is 3. The van der Waals surface area contributed by atoms with Crippen LogP contribution in [-0.2, 0) is 19.1 Å². The number of epoxide rings is 1. The molecule has 0 radical (unpaired) electrons. The summed E-state index contributed by atoms with van der Waals surface area (Å²) >= 11 is 0. The smallest absolute Gasteiger partial charge is 0.145 e. The lowest BCUT2D eigenvalue weighted by Crippen LogP contribution is -2.47. The van der Waals surface area contributed by atoms with Gasteiger partial charge in [-0.25, -0.2) is 0 Å². The van der Waals surface area contributed by atoms with E-state index in [2.05, 4.69) is 4.74 Å². The fraction of sp³-hybridized carbons (Fsp3) is 0.500. The fourth-order valence-corrected chi connectivity index (χ4v) is 0.991. The first-order valence-electron chi connectivity index (χ1n) is 3.20. The van der Waals surface area contributed by atoms with Crippen LogP contribution in [0.5, 0.6) is 0 Å². The van der Waals surface area contributed by atoms with Gasteiger partial charge in [0.25, 0.3) is 0 Å². The largest absolute Gasteiger partial charge is 0.550 e. The number of carbonyl (C=O) groups is 3. The molecule has 72 valence electrons. The zero-order valence-electron chi connectivity index (χ0n) is 6.14. The summed E-state index contributed by atoms with van der Waals surface area (Å²) < 4.78 is 4.19. The van der Waals surface area contributed by atoms with Gasteiger partial charge in [-0.05, 0) is 0 Å². The van der Waals surface area contributed by atoms with Crippen molar-refractivity contribution in [3.05, 3.63) is 0 Å². The molecule has 2 atom stereocenters. The maximum absolute atomic E-state index is 10.3. The third-order valence-electron chi connectivity index (χ3n) is 1.66. The summed E-state index contributed by atoms with van der Waals surface area (Å²) in [5.41, 5.74) is -2.31. The van der Waals surface area contributed by atoms with Gasteiger partial charge in [0, 0.05) is 12.4 Å². The Labute approximate surface area is 71.5 Å². The Hall–Kier alpha value is -1.63. The summed E-state index contributed by atoms with van der Waals surface area (Å²) in [6.07, 6.45) is -2.83. The lowest BCUT2D eigenvalue weighted by Gasteiger charge is -2.14. The van der Waals surface area contributed by atoms with Gasteiger partial charge in [-0.2, -0.15) is 0 Å². The SMILES string of the molecule is O=C([O-])C[C@@]1(C(=O)[O-])O[C@H]1C(=O)[O-]. The second-order valence-electron chi connectivity index (χ2n) is 2.54. The quantitative estimate of drug-likeness (QED) is 0.401. The number of hydrogen-bond acceptors (Lipinski definition) is 7. The van der Waals surface area contributed by atoms with Gasteiger partial charge < -0.3 is 34.4 Å². The minimum absolute atomic E-state index is 1.06. The highest BCUT2D eigenvalue weighted by Crippen LogP contribution is 2.38. The lowest BCUT2D eigenvalue weighted by atomic mass is 10.0. The second-order valence-corrected chi connectivity index (χ2v) is 2.54. The number of carboxylic acid groups (broad SMARTS) is 3. The third kappa shape index (κ3) is 1.45. The summed E-state index contributed by atoms with van der Waals surface area (Å²) in [6, 6.07) is 0. The monoisotopic (exact) mass is 187 g/mol. The van der Waals surface area contributed by atoms with E-state index in [1.54, 1.807) is 0 Å². The Bertz CT molecular complexity index is 283. The van der Waals surface area contributed by atoms with Crippen LogP contribution in [0, 0.1) is 0 Å². The van der Waals surface area contributed by atoms with Crippen LogP contribution in [-0.4, -0.2) is 29.6 Å². The van der Waals surface area contributed by atoms with Crippen LogP contribution >= 0.6 is 0 Å². The van der Waals surface area contributed by atoms with Crippen molar-refractivity contribution in [2.45, 2.75) is 18.1 Å². The standard InChI is InChI=1S/C6H6O7/c7-2(8)1-6(5(11)12)3(13-6)4(9)10/h3H,1H2,(H,7,8)(H,9,10)(H,11,12)/p-3/t3-,6+/m0/s1. The predicted octanol–water partition coefficient (Wildman–Crippen LogP) is -5.24. The van der Waals surface area contributed by atoms with Gasteiger partial charge in [0.1, 0.15) is 11.7 Å². The van der Waals surface area contributed by atoms with Crippen LogP contribution in [0.3, 0.4) is 0 Å². The van der Waals surface area contributed by atoms with Crippen molar-refractivity contribution >= 4 is 17.9 Å². The van der Waals surface area contributed by atoms with Crippen molar-refractivity contribution in [2.75, 3.05) is 0 Å². The molecule has 0 spiro atoms. The molecule has 7 nitrogen and oxygen atoms in total. The van der Waals surface area contributed by atoms with Gasteiger partial charge in [-0.15, -0.1) is 0 Å². The molecule has 7 heteroatoms. The molecule has 1 saturated heterocycles. The molecule has 0 amide bonds. The molecule has 1 aliphatic heterocycles. The van der Waals surface area contributed by atoms with Crippen LogP contribution in [0.25, 0.3) is 0 Å². The summed E-state index contributed by atoms with van der Waals surface area (Å²) in [7, 11) is 0. The molecule has 0 aromatic carbocycles. The zero-order chi connectivity index (χ0) is 10.2. The number of ether oxygens (including phenoxy) is 1. The topological polar surface area (TPSA) is 133 Å². The lowest BCUT2D eigenvalue weighted by molar-refractivity contribution is -0.322. The van der Waals surface area contributed by atoms with E-state index in [1.165, 1.54) is 0 Å². The molecule has 0 aromatic rings. The summed E-state index contributed by atoms with van der Waals surface area (Å²) in [5, 5.41) is 30.5. The van der Waals surface area contributed by atoms with Crippen molar-refractivity contribution < 1.29 is 34.4 Å². The van der Waals surface area contributed by atoms with Gasteiger partial charge in [0.15, 0.2) is 0 Å². The molecule has 1 rings (SSSR count). The molecule has 0 aromatic heterocycles. The third-order valence-corrected chi connectivity index (χ3v) is 1.66. The summed E-state index contributed by atoms with van der Waals surface area (Å²) in [4.78, 5) is 30.5. The van der Waals surface area contributed by atoms with Gasteiger partial charge in [0.05, 0.1) is 11.9 Å². The van der Waals surface area contributed by atoms with Crippen LogP contribution in [0.1, 0.15) is 6.42 Å². The van der Waals surface area contributed by atoms with Crippen molar-refractivity contribution in [3.8, 4) is 0 Å². The Morgan fingerprint density at radius 1 is 1.23 bits per heavy atom. The molecule has 1 fully saturated rings. The van der Waals surface area contributed by atoms with E-state index < -0.39 is 36.0 Å². The summed E-state index contributed by atoms with van der Waals surface area (Å²) in [5.74, 6) is -5.41. The van der Waals surface area contributed by atoms with Gasteiger partial charge >= 0.3 is 0 Å². The highest BCUT2D eigenvalue weighted by Gasteiger charge is 2.58. The van der Waals surface area contributed by atoms with Crippen LogP contribution in [0.4, 0.5) is 0 Å². The van der Waals surface area contributed by atoms with Crippen molar-refractivity contribution in [3.63, 3.8) is 0 Å². The molecular weight excluding hydrogens is 184 g/mol. The van der Waals surface area contributed by atoms with Gasteiger partial charge in [-0.3, -0.25) is 0 Å². The first-order chi connectivity index (χ1) is 5.90. The molecule has 0 bridgehead atoms. The average Bonchev–Trinajstić information content (AvgIpc) is 2.62. The highest BCUT2D eigenvalue weighted by molar-refractivity contribution is 5.93. The second kappa shape index (κ2) is 2.70. The van der Waals surface area contributed by atoms with Crippen molar-refractivity contribution in [2.24, 2.45) is 0 Å². The first kappa shape index (κ1) is 9.46. The Morgan fingerprint density at radius 3 is 2.00 bits per heavy atom. The number of rotatable bonds is 4. The number of carbonyl (C=O) groups excluding carboxylic acids is 3. The Balaban J connectivity index is 2.77. The van der Waals surface area contributed by atoms with E-state index in [1.807, 2.05) is 0 Å². The van der Waals surface area contributed by atoms with E-state index in [0.717, 1.165) is 0 Å². The molecule has 0 N–H and O–H groups in total. The van der Waals surface area contributed by atoms with E-state index in [9.17, 15) is 29.7 Å². The van der Waals surface area contributed by atoms with Crippen LogP contribution < -0.4 is 15.3 Å². The Morgan fingerprint density at radius 2 is 1.77 bits per heavy atom. The van der Waals surface area contributed by atoms with E-state index >= 15 is 0 Å². The molecule has 1 aliphatic rings. The molecule has 1 heterocycles. The average molecular weight is 187 g/mol. The molecule has 13 heavy (non-hydrogen) atoms. The summed E-state index contributed by atoms with van der Waals surface area (Å²) in [6.45, 7) is 0. The van der Waals surface area contributed by atoms with E-state index in [-0.39, 0.29) is 0 Å². The number of hydrogen-bond donors (Lipinski definition) is 0.